The number of nitrogens with zero attached hydrogens (tertiary/aromatic N) is 2. The van der Waals surface area contributed by atoms with Crippen LogP contribution in [-0.2, 0) is 14.3 Å². The highest BCUT2D eigenvalue weighted by Gasteiger charge is 2.27. The third-order valence-corrected chi connectivity index (χ3v) is 6.24. The van der Waals surface area contributed by atoms with E-state index >= 15 is 0 Å². The molecule has 4 rings (SSSR count). The van der Waals surface area contributed by atoms with Gasteiger partial charge >= 0.3 is 5.97 Å². The second kappa shape index (κ2) is 10.6. The van der Waals surface area contributed by atoms with Crippen molar-refractivity contribution in [2.45, 2.75) is 24.9 Å². The van der Waals surface area contributed by atoms with Crippen molar-refractivity contribution in [2.24, 2.45) is 0 Å². The van der Waals surface area contributed by atoms with Crippen LogP contribution in [0.25, 0.3) is 0 Å². The van der Waals surface area contributed by atoms with Crippen LogP contribution < -0.4 is 10.2 Å². The summed E-state index contributed by atoms with van der Waals surface area (Å²) in [7, 11) is 1.43. The van der Waals surface area contributed by atoms with Crippen molar-refractivity contribution in [3.63, 3.8) is 0 Å². The maximum absolute atomic E-state index is 12.6. The fourth-order valence-electron chi connectivity index (χ4n) is 4.37. The van der Waals surface area contributed by atoms with Crippen molar-refractivity contribution in [1.29, 1.82) is 0 Å². The molecule has 1 amide bonds. The van der Waals surface area contributed by atoms with E-state index in [0.717, 1.165) is 42.7 Å². The van der Waals surface area contributed by atoms with Crippen molar-refractivity contribution >= 4 is 17.6 Å². The highest BCUT2D eigenvalue weighted by atomic mass is 16.5. The first-order chi connectivity index (χ1) is 15.7. The summed E-state index contributed by atoms with van der Waals surface area (Å²) in [6.07, 6.45) is 1.85. The molecule has 1 atom stereocenters. The van der Waals surface area contributed by atoms with Crippen LogP contribution in [0.3, 0.4) is 0 Å². The van der Waals surface area contributed by atoms with E-state index in [4.69, 9.17) is 9.47 Å². The first-order valence-electron chi connectivity index (χ1n) is 11.3. The van der Waals surface area contributed by atoms with Crippen molar-refractivity contribution in [1.82, 2.24) is 10.2 Å². The molecule has 0 aromatic heterocycles. The number of carbonyl (C=O) groups excluding carboxylic acids is 2. The average molecular weight is 438 g/mol. The number of methoxy groups -OCH3 is 1. The molecule has 2 saturated heterocycles. The molecule has 2 aromatic rings. The van der Waals surface area contributed by atoms with Gasteiger partial charge < -0.3 is 19.3 Å². The molecule has 0 bridgehead atoms. The Morgan fingerprint density at radius 3 is 2.25 bits per heavy atom. The zero-order chi connectivity index (χ0) is 22.3. The van der Waals surface area contributed by atoms with Crippen molar-refractivity contribution < 1.29 is 19.1 Å². The summed E-state index contributed by atoms with van der Waals surface area (Å²) >= 11 is 0. The predicted octanol–water partition coefficient (Wildman–Crippen LogP) is 2.63. The van der Waals surface area contributed by atoms with Crippen LogP contribution in [0.2, 0.25) is 0 Å². The Bertz CT molecular complexity index is 889. The van der Waals surface area contributed by atoms with E-state index in [1.807, 2.05) is 59.5 Å². The quantitative estimate of drug-likeness (QED) is 0.701. The highest BCUT2D eigenvalue weighted by Crippen LogP contribution is 2.23. The number of morpholine rings is 1. The Balaban J connectivity index is 1.33. The smallest absolute Gasteiger partial charge is 0.327 e. The van der Waals surface area contributed by atoms with Gasteiger partial charge in [0.15, 0.2) is 0 Å². The number of hydrogen-bond acceptors (Lipinski definition) is 6. The third kappa shape index (κ3) is 5.29. The van der Waals surface area contributed by atoms with Gasteiger partial charge in [-0.3, -0.25) is 10.1 Å². The molecule has 0 radical (unpaired) electrons. The number of piperidine rings is 1. The van der Waals surface area contributed by atoms with Crippen LogP contribution in [0.5, 0.6) is 0 Å². The van der Waals surface area contributed by atoms with E-state index in [2.05, 4.69) is 10.2 Å². The first kappa shape index (κ1) is 22.3. The number of esters is 1. The molecule has 2 aliphatic heterocycles. The van der Waals surface area contributed by atoms with Crippen LogP contribution >= 0.6 is 0 Å². The Labute approximate surface area is 189 Å². The molecule has 0 saturated carbocycles. The van der Waals surface area contributed by atoms with Gasteiger partial charge in [-0.15, -0.1) is 0 Å². The zero-order valence-corrected chi connectivity index (χ0v) is 18.5. The SMILES string of the molecule is COC(=O)[C@@H](NC1CCN(c2ccc(C(=O)N3CCOCC3)cc2)CC1)c1ccccc1. The van der Waals surface area contributed by atoms with E-state index in [0.29, 0.717) is 26.3 Å². The lowest BCUT2D eigenvalue weighted by Crippen LogP contribution is -2.45. The van der Waals surface area contributed by atoms with Crippen LogP contribution in [0, 0.1) is 0 Å². The summed E-state index contributed by atoms with van der Waals surface area (Å²) in [5.74, 6) is -0.198. The molecule has 0 unspecified atom stereocenters. The van der Waals surface area contributed by atoms with Crippen LogP contribution in [0.4, 0.5) is 5.69 Å². The van der Waals surface area contributed by atoms with Gasteiger partial charge in [0.25, 0.3) is 5.91 Å². The number of benzene rings is 2. The molecule has 1 N–H and O–H groups in total. The first-order valence-corrected chi connectivity index (χ1v) is 11.3. The molecule has 0 spiro atoms. The normalized spacial score (nSPS) is 18.3. The lowest BCUT2D eigenvalue weighted by molar-refractivity contribution is -0.143. The van der Waals surface area contributed by atoms with Gasteiger partial charge in [0.1, 0.15) is 6.04 Å². The largest absolute Gasteiger partial charge is 0.468 e. The number of ether oxygens (including phenoxy) is 2. The topological polar surface area (TPSA) is 71.1 Å². The zero-order valence-electron chi connectivity index (χ0n) is 18.5. The monoisotopic (exact) mass is 437 g/mol. The van der Waals surface area contributed by atoms with E-state index in [-0.39, 0.29) is 17.9 Å². The molecule has 2 fully saturated rings. The average Bonchev–Trinajstić information content (AvgIpc) is 2.88. The molecule has 2 heterocycles. The minimum atomic E-state index is -0.455. The molecule has 7 heteroatoms. The van der Waals surface area contributed by atoms with Crippen molar-refractivity contribution in [2.75, 3.05) is 51.4 Å². The summed E-state index contributed by atoms with van der Waals surface area (Å²) in [6.45, 7) is 4.28. The predicted molar refractivity (Wildman–Crippen MR) is 123 cm³/mol. The second-order valence-electron chi connectivity index (χ2n) is 8.25. The fourth-order valence-corrected chi connectivity index (χ4v) is 4.37. The van der Waals surface area contributed by atoms with Gasteiger partial charge in [-0.1, -0.05) is 30.3 Å². The Morgan fingerprint density at radius 2 is 1.62 bits per heavy atom. The number of rotatable bonds is 6. The van der Waals surface area contributed by atoms with Gasteiger partial charge in [-0.2, -0.15) is 0 Å². The molecule has 0 aliphatic carbocycles. The Hall–Kier alpha value is -2.90. The van der Waals surface area contributed by atoms with Crippen molar-refractivity contribution in [3.8, 4) is 0 Å². The maximum Gasteiger partial charge on any atom is 0.327 e. The second-order valence-corrected chi connectivity index (χ2v) is 8.25. The standard InChI is InChI=1S/C25H31N3O4/c1-31-25(30)23(19-5-3-2-4-6-19)26-21-11-13-27(14-12-21)22-9-7-20(8-10-22)24(29)28-15-17-32-18-16-28/h2-10,21,23,26H,11-18H2,1H3/t23-/m0/s1. The molecule has 170 valence electrons. The molecule has 2 aromatic carbocycles. The molecule has 32 heavy (non-hydrogen) atoms. The molecule has 2 aliphatic rings. The number of anilines is 1. The van der Waals surface area contributed by atoms with Crippen LogP contribution in [-0.4, -0.2) is 69.3 Å². The summed E-state index contributed by atoms with van der Waals surface area (Å²) in [5, 5.41) is 3.49. The van der Waals surface area contributed by atoms with Crippen LogP contribution in [0.15, 0.2) is 54.6 Å². The summed E-state index contributed by atoms with van der Waals surface area (Å²) < 4.78 is 10.4. The molecular weight excluding hydrogens is 406 g/mol. The summed E-state index contributed by atoms with van der Waals surface area (Å²) in [4.78, 5) is 29.2. The van der Waals surface area contributed by atoms with Gasteiger partial charge in [-0.25, -0.2) is 4.79 Å². The van der Waals surface area contributed by atoms with E-state index in [1.54, 1.807) is 0 Å². The van der Waals surface area contributed by atoms with Gasteiger partial charge in [0.2, 0.25) is 0 Å². The minimum Gasteiger partial charge on any atom is -0.468 e. The van der Waals surface area contributed by atoms with Crippen LogP contribution in [0.1, 0.15) is 34.8 Å². The third-order valence-electron chi connectivity index (χ3n) is 6.24. The van der Waals surface area contributed by atoms with E-state index in [1.165, 1.54) is 7.11 Å². The molecular formula is C25H31N3O4. The summed E-state index contributed by atoms with van der Waals surface area (Å²) in [6, 6.07) is 17.4. The van der Waals surface area contributed by atoms with E-state index < -0.39 is 6.04 Å². The highest BCUT2D eigenvalue weighted by molar-refractivity contribution is 5.94. The van der Waals surface area contributed by atoms with Crippen molar-refractivity contribution in [3.05, 3.63) is 65.7 Å². The maximum atomic E-state index is 12.6. The number of carbonyl (C=O) groups is 2. The lowest BCUT2D eigenvalue weighted by Gasteiger charge is -2.35. The Kier molecular flexibility index (Phi) is 7.39. The fraction of sp³-hybridized carbons (Fsp3) is 0.440. The number of amides is 1. The number of nitrogens with one attached hydrogen (secondary N) is 1. The van der Waals surface area contributed by atoms with Gasteiger partial charge in [-0.05, 0) is 42.7 Å². The lowest BCUT2D eigenvalue weighted by atomic mass is 10.00. The molecule has 7 nitrogen and oxygen atoms in total. The Morgan fingerprint density at radius 1 is 0.969 bits per heavy atom. The van der Waals surface area contributed by atoms with E-state index in [9.17, 15) is 9.59 Å². The van der Waals surface area contributed by atoms with Gasteiger partial charge in [0.05, 0.1) is 20.3 Å². The van der Waals surface area contributed by atoms with Gasteiger partial charge in [0, 0.05) is 43.5 Å². The summed E-state index contributed by atoms with van der Waals surface area (Å²) in [5.41, 5.74) is 2.76. The number of hydrogen-bond donors (Lipinski definition) is 1. The minimum absolute atomic E-state index is 0.0672.